The first-order valence-corrected chi connectivity index (χ1v) is 18.7. The summed E-state index contributed by atoms with van der Waals surface area (Å²) in [5.41, 5.74) is 13.0. The van der Waals surface area contributed by atoms with E-state index in [2.05, 4.69) is 196 Å². The first-order chi connectivity index (χ1) is 26.1. The molecule has 0 saturated carbocycles. The van der Waals surface area contributed by atoms with Crippen molar-refractivity contribution in [3.8, 4) is 44.5 Å². The van der Waals surface area contributed by atoms with E-state index in [0.29, 0.717) is 0 Å². The predicted molar refractivity (Wildman–Crippen MR) is 228 cm³/mol. The van der Waals surface area contributed by atoms with Gasteiger partial charge < -0.3 is 0 Å². The van der Waals surface area contributed by atoms with Crippen molar-refractivity contribution < 1.29 is 0 Å². The molecule has 1 aliphatic rings. The Hall–Kier alpha value is -6.50. The van der Waals surface area contributed by atoms with E-state index < -0.39 is 0 Å². The van der Waals surface area contributed by atoms with Crippen LogP contribution in [0.1, 0.15) is 25.0 Å². The highest BCUT2D eigenvalue weighted by atomic mass is 14.4. The van der Waals surface area contributed by atoms with E-state index in [0.717, 1.165) is 0 Å². The highest BCUT2D eigenvalue weighted by Gasteiger charge is 2.37. The van der Waals surface area contributed by atoms with E-state index in [1.165, 1.54) is 109 Å². The third kappa shape index (κ3) is 4.30. The van der Waals surface area contributed by atoms with Crippen molar-refractivity contribution in [2.75, 3.05) is 0 Å². The topological polar surface area (TPSA) is 0 Å². The Morgan fingerprint density at radius 1 is 0.283 bits per heavy atom. The number of benzene rings is 10. The van der Waals surface area contributed by atoms with Gasteiger partial charge in [-0.15, -0.1) is 0 Å². The van der Waals surface area contributed by atoms with Gasteiger partial charge in [-0.05, 0) is 122 Å². The summed E-state index contributed by atoms with van der Waals surface area (Å²) in [4.78, 5) is 0. The molecule has 0 bridgehead atoms. The molecule has 0 aromatic heterocycles. The smallest absolute Gasteiger partial charge is 0.0159 e. The summed E-state index contributed by atoms with van der Waals surface area (Å²) in [6, 6.07) is 68.0. The molecule has 0 heterocycles. The maximum absolute atomic E-state index is 2.48. The van der Waals surface area contributed by atoms with Gasteiger partial charge in [0.1, 0.15) is 0 Å². The van der Waals surface area contributed by atoms with Crippen LogP contribution >= 0.6 is 0 Å². The van der Waals surface area contributed by atoms with E-state index in [1.807, 2.05) is 0 Å². The lowest BCUT2D eigenvalue weighted by Gasteiger charge is -2.23. The lowest BCUT2D eigenvalue weighted by molar-refractivity contribution is 0.660. The lowest BCUT2D eigenvalue weighted by Crippen LogP contribution is -2.14. The van der Waals surface area contributed by atoms with Crippen molar-refractivity contribution in [3.05, 3.63) is 193 Å². The molecule has 248 valence electrons. The summed E-state index contributed by atoms with van der Waals surface area (Å²) in [7, 11) is 0. The molecule has 11 rings (SSSR count). The molecule has 1 aliphatic carbocycles. The molecule has 0 nitrogen and oxygen atoms in total. The second-order valence-corrected chi connectivity index (χ2v) is 15.2. The predicted octanol–water partition coefficient (Wildman–Crippen LogP) is 14.8. The van der Waals surface area contributed by atoms with Gasteiger partial charge in [-0.2, -0.15) is 0 Å². The first-order valence-electron chi connectivity index (χ1n) is 18.7. The molecule has 0 aliphatic heterocycles. The Morgan fingerprint density at radius 3 is 1.62 bits per heavy atom. The first kappa shape index (κ1) is 30.2. The number of hydrogen-bond donors (Lipinski definition) is 0. The van der Waals surface area contributed by atoms with Gasteiger partial charge in [-0.3, -0.25) is 0 Å². The zero-order valence-corrected chi connectivity index (χ0v) is 29.8. The Labute approximate surface area is 309 Å². The SMILES string of the molecule is CC1(C)c2ccccc2-c2c(-c3c4ccccc4c(-c4cc5ccccc5c5ccccc45)c4ccc(-c5cccc6ccccc56)cc34)cccc21. The van der Waals surface area contributed by atoms with Crippen molar-refractivity contribution in [3.63, 3.8) is 0 Å². The fraction of sp³-hybridized carbons (Fsp3) is 0.0566. The van der Waals surface area contributed by atoms with Crippen LogP contribution in [0.15, 0.2) is 182 Å². The fourth-order valence-electron chi connectivity index (χ4n) is 9.63. The Kier molecular flexibility index (Phi) is 6.40. The largest absolute Gasteiger partial charge is 0.0619 e. The van der Waals surface area contributed by atoms with Gasteiger partial charge in [0.25, 0.3) is 0 Å². The molecule has 53 heavy (non-hydrogen) atoms. The summed E-state index contributed by atoms with van der Waals surface area (Å²) < 4.78 is 0. The van der Waals surface area contributed by atoms with Crippen molar-refractivity contribution in [2.45, 2.75) is 19.3 Å². The van der Waals surface area contributed by atoms with Crippen LogP contribution in [0.5, 0.6) is 0 Å². The summed E-state index contributed by atoms with van der Waals surface area (Å²) >= 11 is 0. The molecule has 0 amide bonds. The number of hydrogen-bond acceptors (Lipinski definition) is 0. The third-order valence-corrected chi connectivity index (χ3v) is 12.0. The van der Waals surface area contributed by atoms with Crippen LogP contribution in [0, 0.1) is 0 Å². The zero-order valence-electron chi connectivity index (χ0n) is 29.8. The molecule has 0 atom stereocenters. The minimum atomic E-state index is -0.0917. The van der Waals surface area contributed by atoms with Gasteiger partial charge in [-0.1, -0.05) is 184 Å². The average Bonchev–Trinajstić information content (AvgIpc) is 3.45. The van der Waals surface area contributed by atoms with Crippen molar-refractivity contribution >= 4 is 53.9 Å². The summed E-state index contributed by atoms with van der Waals surface area (Å²) in [6.45, 7) is 4.76. The van der Waals surface area contributed by atoms with Crippen LogP contribution in [0.3, 0.4) is 0 Å². The molecule has 0 unspecified atom stereocenters. The maximum Gasteiger partial charge on any atom is 0.0159 e. The number of rotatable bonds is 3. The van der Waals surface area contributed by atoms with Gasteiger partial charge in [0.2, 0.25) is 0 Å². The summed E-state index contributed by atoms with van der Waals surface area (Å²) in [5.74, 6) is 0. The highest BCUT2D eigenvalue weighted by molar-refractivity contribution is 6.27. The molecule has 0 spiro atoms. The molecular weight excluding hydrogens is 637 g/mol. The maximum atomic E-state index is 2.48. The van der Waals surface area contributed by atoms with Crippen LogP contribution in [-0.2, 0) is 5.41 Å². The van der Waals surface area contributed by atoms with Crippen LogP contribution in [-0.4, -0.2) is 0 Å². The van der Waals surface area contributed by atoms with E-state index in [-0.39, 0.29) is 5.41 Å². The van der Waals surface area contributed by atoms with E-state index >= 15 is 0 Å². The summed E-state index contributed by atoms with van der Waals surface area (Å²) in [6.07, 6.45) is 0. The number of fused-ring (bicyclic) bond motifs is 9. The van der Waals surface area contributed by atoms with Gasteiger partial charge in [0, 0.05) is 5.41 Å². The molecule has 0 fully saturated rings. The second kappa shape index (κ2) is 11.2. The molecule has 10 aromatic rings. The Balaban J connectivity index is 1.33. The molecule has 10 aromatic carbocycles. The van der Waals surface area contributed by atoms with Crippen LogP contribution in [0.4, 0.5) is 0 Å². The standard InChI is InChI=1S/C53H36/c1-53(2)48-27-12-11-24-44(48)52-45(26-14-28-49(52)53)51-42-23-10-9-22-41(42)50(46-31-34-16-4-6-19-38(34)39-20-7-8-21-40(39)46)43-30-29-35(32-47(43)51)37-25-13-17-33-15-3-5-18-36(33)37/h3-32H,1-2H3. The van der Waals surface area contributed by atoms with Crippen LogP contribution in [0.2, 0.25) is 0 Å². The Bertz CT molecular complexity index is 3130. The lowest BCUT2D eigenvalue weighted by atomic mass is 9.80. The van der Waals surface area contributed by atoms with E-state index in [4.69, 9.17) is 0 Å². The minimum absolute atomic E-state index is 0.0917. The van der Waals surface area contributed by atoms with Crippen molar-refractivity contribution in [2.24, 2.45) is 0 Å². The fourth-order valence-corrected chi connectivity index (χ4v) is 9.63. The monoisotopic (exact) mass is 672 g/mol. The third-order valence-electron chi connectivity index (χ3n) is 12.0. The van der Waals surface area contributed by atoms with Crippen molar-refractivity contribution in [1.82, 2.24) is 0 Å². The van der Waals surface area contributed by atoms with Gasteiger partial charge in [0.05, 0.1) is 0 Å². The summed E-state index contributed by atoms with van der Waals surface area (Å²) in [5, 5.41) is 12.7. The van der Waals surface area contributed by atoms with Gasteiger partial charge >= 0.3 is 0 Å². The molecule has 0 N–H and O–H groups in total. The normalized spacial score (nSPS) is 13.2. The van der Waals surface area contributed by atoms with E-state index in [1.54, 1.807) is 0 Å². The minimum Gasteiger partial charge on any atom is -0.0619 e. The average molecular weight is 673 g/mol. The highest BCUT2D eigenvalue weighted by Crippen LogP contribution is 2.55. The Morgan fingerprint density at radius 2 is 0.811 bits per heavy atom. The van der Waals surface area contributed by atoms with Crippen molar-refractivity contribution in [1.29, 1.82) is 0 Å². The van der Waals surface area contributed by atoms with E-state index in [9.17, 15) is 0 Å². The molecule has 0 radical (unpaired) electrons. The van der Waals surface area contributed by atoms with Crippen LogP contribution in [0.25, 0.3) is 98.4 Å². The van der Waals surface area contributed by atoms with Gasteiger partial charge in [0.15, 0.2) is 0 Å². The molecule has 0 saturated heterocycles. The molecular formula is C53H36. The van der Waals surface area contributed by atoms with Gasteiger partial charge in [-0.25, -0.2) is 0 Å². The molecule has 0 heteroatoms. The second-order valence-electron chi connectivity index (χ2n) is 15.2. The zero-order chi connectivity index (χ0) is 35.3. The van der Waals surface area contributed by atoms with Crippen LogP contribution < -0.4 is 0 Å². The quantitative estimate of drug-likeness (QED) is 0.129.